The maximum Gasteiger partial charge on any atom is 0.407 e. The molecule has 4 N–H and O–H groups in total. The predicted molar refractivity (Wildman–Crippen MR) is 237 cm³/mol. The van der Waals surface area contributed by atoms with Crippen LogP contribution in [0.5, 0.6) is 0 Å². The third kappa shape index (κ3) is 7.19. The molecule has 2 saturated heterocycles. The van der Waals surface area contributed by atoms with Crippen LogP contribution in [0.25, 0.3) is 44.5 Å². The molecule has 5 aromatic rings. The van der Waals surface area contributed by atoms with Crippen molar-refractivity contribution in [3.05, 3.63) is 83.6 Å². The number of piperidine rings is 1. The Hall–Kier alpha value is -6.32. The van der Waals surface area contributed by atoms with Gasteiger partial charge < -0.3 is 39.9 Å². The number of H-pyrrole nitrogens is 2. The van der Waals surface area contributed by atoms with E-state index in [0.29, 0.717) is 51.7 Å². The third-order valence-electron chi connectivity index (χ3n) is 14.7. The number of imidazole rings is 2. The van der Waals surface area contributed by atoms with Gasteiger partial charge in [-0.05, 0) is 108 Å². The van der Waals surface area contributed by atoms with Crippen molar-refractivity contribution in [3.63, 3.8) is 0 Å². The van der Waals surface area contributed by atoms with Crippen molar-refractivity contribution >= 4 is 35.0 Å². The van der Waals surface area contributed by atoms with Gasteiger partial charge in [-0.3, -0.25) is 9.59 Å². The molecule has 3 aromatic carbocycles. The highest BCUT2D eigenvalue weighted by Gasteiger charge is 2.56. The molecule has 1 spiro atoms. The molecule has 14 nitrogen and oxygen atoms in total. The molecule has 4 heterocycles. The van der Waals surface area contributed by atoms with Crippen molar-refractivity contribution in [2.24, 2.45) is 23.2 Å². The summed E-state index contributed by atoms with van der Waals surface area (Å²) in [6.45, 7) is 8.09. The number of nitrogens with zero attached hydrogens (tertiary/aromatic N) is 4. The fourth-order valence-corrected chi connectivity index (χ4v) is 11.0. The summed E-state index contributed by atoms with van der Waals surface area (Å²) >= 11 is 0. The number of fused-ring (bicyclic) bond motifs is 6. The second kappa shape index (κ2) is 15.7. The maximum atomic E-state index is 16.7. The summed E-state index contributed by atoms with van der Waals surface area (Å²) in [4.78, 5) is 72.6. The van der Waals surface area contributed by atoms with E-state index in [1.54, 1.807) is 29.3 Å². The van der Waals surface area contributed by atoms with Gasteiger partial charge in [0.15, 0.2) is 0 Å². The molecule has 5 aliphatic rings. The first kappa shape index (κ1) is 42.6. The summed E-state index contributed by atoms with van der Waals surface area (Å²) in [6.07, 6.45) is 5.75. The molecule has 0 unspecified atom stereocenters. The van der Waals surface area contributed by atoms with Crippen molar-refractivity contribution < 1.29 is 37.4 Å². The number of benzene rings is 3. The Balaban J connectivity index is 0.896. The minimum Gasteiger partial charge on any atom is -0.453 e. The first-order valence-electron chi connectivity index (χ1n) is 22.6. The van der Waals surface area contributed by atoms with Gasteiger partial charge in [-0.15, -0.1) is 0 Å². The van der Waals surface area contributed by atoms with Crippen LogP contribution in [0.15, 0.2) is 60.8 Å². The largest absolute Gasteiger partial charge is 0.453 e. The summed E-state index contributed by atoms with van der Waals surface area (Å²) in [5, 5.41) is 5.43. The Morgan fingerprint density at radius 1 is 0.785 bits per heavy atom. The van der Waals surface area contributed by atoms with E-state index in [0.717, 1.165) is 49.6 Å². The molecule has 2 aromatic heterocycles. The van der Waals surface area contributed by atoms with Gasteiger partial charge in [0.1, 0.15) is 23.7 Å². The minimum absolute atomic E-state index is 0.0102. The number of carbonyl (C=O) groups excluding carboxylic acids is 4. The Bertz CT molecular complexity index is 2740. The summed E-state index contributed by atoms with van der Waals surface area (Å²) in [7, 11) is 2.54. The van der Waals surface area contributed by atoms with Gasteiger partial charge in [-0.1, -0.05) is 58.0 Å². The van der Waals surface area contributed by atoms with Crippen LogP contribution in [0.1, 0.15) is 101 Å². The Labute approximate surface area is 375 Å². The van der Waals surface area contributed by atoms with Crippen LogP contribution in [0.3, 0.4) is 0 Å². The number of amides is 4. The average Bonchev–Trinajstić information content (AvgIpc) is 3.95. The van der Waals surface area contributed by atoms with Crippen LogP contribution in [-0.2, 0) is 25.0 Å². The predicted octanol–water partition coefficient (Wildman–Crippen LogP) is 8.61. The van der Waals surface area contributed by atoms with Crippen LogP contribution in [-0.4, -0.2) is 92.6 Å². The number of hydrogen-bond acceptors (Lipinski definition) is 8. The van der Waals surface area contributed by atoms with E-state index in [1.165, 1.54) is 20.3 Å². The van der Waals surface area contributed by atoms with Crippen LogP contribution >= 0.6 is 0 Å². The van der Waals surface area contributed by atoms with Crippen molar-refractivity contribution in [1.29, 1.82) is 0 Å². The van der Waals surface area contributed by atoms with E-state index >= 15 is 8.78 Å². The first-order valence-corrected chi connectivity index (χ1v) is 22.6. The average molecular weight is 889 g/mol. The number of halogens is 2. The molecule has 10 rings (SSSR count). The summed E-state index contributed by atoms with van der Waals surface area (Å²) < 4.78 is 43.0. The van der Waals surface area contributed by atoms with Crippen molar-refractivity contribution in [2.75, 3.05) is 20.8 Å². The number of likely N-dealkylation sites (tertiary alicyclic amines) is 2. The topological polar surface area (TPSA) is 175 Å². The lowest BCUT2D eigenvalue weighted by Gasteiger charge is -2.37. The number of carbonyl (C=O) groups is 4. The van der Waals surface area contributed by atoms with E-state index in [-0.39, 0.29) is 64.2 Å². The minimum atomic E-state index is -3.29. The van der Waals surface area contributed by atoms with Crippen molar-refractivity contribution in [3.8, 4) is 33.5 Å². The van der Waals surface area contributed by atoms with Gasteiger partial charge in [0, 0.05) is 29.3 Å². The fraction of sp³-hybridized carbons (Fsp3) is 0.469. The molecule has 16 heteroatoms. The highest BCUT2D eigenvalue weighted by molar-refractivity contribution is 5.89. The van der Waals surface area contributed by atoms with Gasteiger partial charge >= 0.3 is 12.2 Å². The molecule has 2 saturated carbocycles. The second-order valence-electron chi connectivity index (χ2n) is 19.4. The molecule has 4 fully saturated rings. The molecule has 0 radical (unpaired) electrons. The van der Waals surface area contributed by atoms with Gasteiger partial charge in [0.2, 0.25) is 11.8 Å². The molecule has 6 atom stereocenters. The van der Waals surface area contributed by atoms with Crippen LogP contribution in [0, 0.1) is 23.2 Å². The van der Waals surface area contributed by atoms with Crippen molar-refractivity contribution in [2.45, 2.75) is 102 Å². The lowest BCUT2D eigenvalue weighted by molar-refractivity contribution is -0.139. The number of alkyl carbamates (subject to hydrolysis) is 2. The lowest BCUT2D eigenvalue weighted by atomic mass is 9.95. The lowest BCUT2D eigenvalue weighted by Crippen LogP contribution is -2.54. The Morgan fingerprint density at radius 3 is 2.05 bits per heavy atom. The zero-order valence-corrected chi connectivity index (χ0v) is 37.3. The summed E-state index contributed by atoms with van der Waals surface area (Å²) in [5.74, 6) is -2.53. The molecule has 2 bridgehead atoms. The molecule has 4 amide bonds. The first-order chi connectivity index (χ1) is 31.1. The molecule has 3 aliphatic carbocycles. The number of aromatic nitrogens is 4. The number of hydrogen-bond donors (Lipinski definition) is 4. The SMILES string of the molecule is COC(=O)N[C@H](C(=O)N1CC2(CC2)C[C@H]1c1ncc(-c2ccc3c(c2)C(F)(F)c2cc(-c4ccc5nc([C@@H]6[C@@H]7CC[C@H](C7)N6C(=O)[C@H](NC(=O)OC)C(C)C)[nH]c5c4)ccc2-3)[nH]1)C(C)C. The number of methoxy groups -OCH3 is 2. The van der Waals surface area contributed by atoms with Gasteiger partial charge in [0.05, 0.1) is 49.2 Å². The van der Waals surface area contributed by atoms with Crippen LogP contribution < -0.4 is 10.6 Å². The number of ether oxygens (including phenoxy) is 2. The fourth-order valence-electron chi connectivity index (χ4n) is 11.0. The number of alkyl halides is 2. The van der Waals surface area contributed by atoms with Crippen molar-refractivity contribution in [1.82, 2.24) is 40.4 Å². The van der Waals surface area contributed by atoms with E-state index < -0.39 is 30.2 Å². The van der Waals surface area contributed by atoms with Gasteiger partial charge in [-0.2, -0.15) is 8.78 Å². The maximum absolute atomic E-state index is 16.7. The summed E-state index contributed by atoms with van der Waals surface area (Å²) in [5.41, 5.74) is 4.68. The molecule has 340 valence electrons. The smallest absolute Gasteiger partial charge is 0.407 e. The highest BCUT2D eigenvalue weighted by atomic mass is 19.3. The zero-order chi connectivity index (χ0) is 45.7. The van der Waals surface area contributed by atoms with E-state index in [2.05, 4.69) is 20.6 Å². The quantitative estimate of drug-likeness (QED) is 0.108. The Morgan fingerprint density at radius 2 is 1.40 bits per heavy atom. The van der Waals surface area contributed by atoms with Gasteiger partial charge in [0.25, 0.3) is 5.92 Å². The molecular weight excluding hydrogens is 835 g/mol. The normalized spacial score (nSPS) is 22.9. The molecule has 2 aliphatic heterocycles. The Kier molecular flexibility index (Phi) is 10.3. The van der Waals surface area contributed by atoms with E-state index in [9.17, 15) is 19.2 Å². The van der Waals surface area contributed by atoms with Gasteiger partial charge in [-0.25, -0.2) is 19.6 Å². The molecular formula is C49H54F2N8O6. The second-order valence-corrected chi connectivity index (χ2v) is 19.4. The monoisotopic (exact) mass is 888 g/mol. The number of nitrogens with one attached hydrogen (secondary N) is 4. The summed E-state index contributed by atoms with van der Waals surface area (Å²) in [6, 6.07) is 13.8. The van der Waals surface area contributed by atoms with Crippen LogP contribution in [0.2, 0.25) is 0 Å². The molecule has 65 heavy (non-hydrogen) atoms. The number of aromatic amines is 2. The van der Waals surface area contributed by atoms with E-state index in [4.69, 9.17) is 19.4 Å². The standard InChI is InChI=1S/C49H54F2N8O6/c1-24(2)39(56-46(62)64-5)44(60)58-23-48(15-16-48)21-38(58)42-52-22-37(55-42)28-9-13-32-31-12-8-26(18-33(31)49(50,51)34(32)19-28)27-10-14-35-36(20-27)54-43(53-35)41-29-7-11-30(17-29)59(41)45(61)40(25(3)4)57-47(63)65-6/h8-10,12-14,18-20,22,24-25,29-30,38-41H,7,11,15-17,21,23H2,1-6H3,(H,52,55)(H,53,54)(H,56,62)(H,57,63)/t29-,30-,38+,39+,40-,41+/m1/s1. The zero-order valence-electron chi connectivity index (χ0n) is 37.3. The van der Waals surface area contributed by atoms with E-state index in [1.807, 2.05) is 62.9 Å². The van der Waals surface area contributed by atoms with Crippen LogP contribution in [0.4, 0.5) is 18.4 Å². The number of rotatable bonds is 10. The highest BCUT2D eigenvalue weighted by Crippen LogP contribution is 2.59. The third-order valence-corrected chi connectivity index (χ3v) is 14.7.